The summed E-state index contributed by atoms with van der Waals surface area (Å²) in [6.07, 6.45) is 0. The van der Waals surface area contributed by atoms with E-state index in [0.717, 1.165) is 12.1 Å². The highest BCUT2D eigenvalue weighted by molar-refractivity contribution is 5.94. The summed E-state index contributed by atoms with van der Waals surface area (Å²) in [7, 11) is 0. The molecule has 5 nitrogen and oxygen atoms in total. The van der Waals surface area contributed by atoms with E-state index in [9.17, 15) is 18.4 Å². The average Bonchev–Trinajstić information content (AvgIpc) is 2.46. The van der Waals surface area contributed by atoms with Crippen LogP contribution in [0, 0.1) is 11.6 Å². The normalized spacial score (nSPS) is 16.8. The molecule has 7 heteroatoms. The Kier molecular flexibility index (Phi) is 4.52. The summed E-state index contributed by atoms with van der Waals surface area (Å²) in [5.41, 5.74) is 5.37. The smallest absolute Gasteiger partial charge is 0.256 e. The van der Waals surface area contributed by atoms with Gasteiger partial charge in [-0.3, -0.25) is 9.59 Å². The van der Waals surface area contributed by atoms with Crippen LogP contribution in [0.15, 0.2) is 18.2 Å². The molecular formula is C14H17F2N3O2. The van der Waals surface area contributed by atoms with Crippen LogP contribution in [0.4, 0.5) is 8.78 Å². The third-order valence-electron chi connectivity index (χ3n) is 3.43. The lowest BCUT2D eigenvalue weighted by Crippen LogP contribution is -2.53. The molecule has 1 aliphatic rings. The van der Waals surface area contributed by atoms with Gasteiger partial charge in [-0.25, -0.2) is 8.78 Å². The molecule has 2 rings (SSSR count). The van der Waals surface area contributed by atoms with Gasteiger partial charge in [-0.15, -0.1) is 0 Å². The highest BCUT2D eigenvalue weighted by Crippen LogP contribution is 2.14. The predicted octanol–water partition coefficient (Wildman–Crippen LogP) is 0.596. The number of nitrogens with two attached hydrogens (primary N) is 1. The molecule has 0 unspecified atom stereocenters. The minimum absolute atomic E-state index is 0.164. The van der Waals surface area contributed by atoms with E-state index in [0.29, 0.717) is 32.2 Å². The van der Waals surface area contributed by atoms with Gasteiger partial charge in [0.1, 0.15) is 11.6 Å². The van der Waals surface area contributed by atoms with Gasteiger partial charge in [-0.05, 0) is 19.1 Å². The molecular weight excluding hydrogens is 280 g/mol. The second-order valence-electron chi connectivity index (χ2n) is 5.03. The monoisotopic (exact) mass is 297 g/mol. The molecule has 1 atom stereocenters. The molecule has 0 aliphatic carbocycles. The number of halogens is 2. The molecule has 1 fully saturated rings. The summed E-state index contributed by atoms with van der Waals surface area (Å²) >= 11 is 0. The molecule has 21 heavy (non-hydrogen) atoms. The number of carbonyl (C=O) groups is 2. The van der Waals surface area contributed by atoms with E-state index in [1.165, 1.54) is 4.90 Å². The number of carbonyl (C=O) groups excluding carboxylic acids is 2. The Hall–Kier alpha value is -2.02. The van der Waals surface area contributed by atoms with Crippen molar-refractivity contribution in [2.45, 2.75) is 13.0 Å². The van der Waals surface area contributed by atoms with Gasteiger partial charge < -0.3 is 15.5 Å². The van der Waals surface area contributed by atoms with E-state index >= 15 is 0 Å². The first-order valence-corrected chi connectivity index (χ1v) is 6.69. The quantitative estimate of drug-likeness (QED) is 0.869. The van der Waals surface area contributed by atoms with Crippen LogP contribution in [-0.2, 0) is 4.79 Å². The number of rotatable bonds is 2. The Morgan fingerprint density at radius 2 is 1.71 bits per heavy atom. The van der Waals surface area contributed by atoms with E-state index in [2.05, 4.69) is 0 Å². The van der Waals surface area contributed by atoms with Crippen molar-refractivity contribution in [2.75, 3.05) is 26.2 Å². The van der Waals surface area contributed by atoms with E-state index in [1.807, 2.05) is 0 Å². The third kappa shape index (κ3) is 3.36. The Morgan fingerprint density at radius 1 is 1.14 bits per heavy atom. The molecule has 1 aromatic carbocycles. The molecule has 0 bridgehead atoms. The van der Waals surface area contributed by atoms with Crippen LogP contribution in [0.5, 0.6) is 0 Å². The van der Waals surface area contributed by atoms with Crippen molar-refractivity contribution in [3.8, 4) is 0 Å². The van der Waals surface area contributed by atoms with E-state index < -0.39 is 23.6 Å². The minimum Gasteiger partial charge on any atom is -0.338 e. The van der Waals surface area contributed by atoms with Gasteiger partial charge in [0.2, 0.25) is 5.91 Å². The van der Waals surface area contributed by atoms with Gasteiger partial charge in [-0.2, -0.15) is 0 Å². The topological polar surface area (TPSA) is 66.6 Å². The van der Waals surface area contributed by atoms with Crippen molar-refractivity contribution in [1.82, 2.24) is 9.80 Å². The molecule has 1 saturated heterocycles. The first-order valence-electron chi connectivity index (χ1n) is 6.69. The molecule has 0 radical (unpaired) electrons. The molecule has 114 valence electrons. The highest BCUT2D eigenvalue weighted by atomic mass is 19.1. The van der Waals surface area contributed by atoms with Crippen LogP contribution in [-0.4, -0.2) is 53.8 Å². The second kappa shape index (κ2) is 6.17. The maximum atomic E-state index is 13.6. The van der Waals surface area contributed by atoms with Gasteiger partial charge in [0.25, 0.3) is 5.91 Å². The number of amides is 2. The largest absolute Gasteiger partial charge is 0.338 e. The Morgan fingerprint density at radius 3 is 2.24 bits per heavy atom. The molecule has 1 heterocycles. The summed E-state index contributed by atoms with van der Waals surface area (Å²) in [6, 6.07) is 2.28. The summed E-state index contributed by atoms with van der Waals surface area (Å²) in [4.78, 5) is 26.9. The van der Waals surface area contributed by atoms with Crippen molar-refractivity contribution in [1.29, 1.82) is 0 Å². The van der Waals surface area contributed by atoms with E-state index in [4.69, 9.17) is 5.73 Å². The van der Waals surface area contributed by atoms with Crippen LogP contribution in [0.25, 0.3) is 0 Å². The molecule has 2 N–H and O–H groups in total. The lowest BCUT2D eigenvalue weighted by Gasteiger charge is -2.35. The standard InChI is InChI=1S/C14H17F2N3O2/c1-9(17)13(20)18-4-6-19(7-5-18)14(21)11-3-2-10(15)8-12(11)16/h2-3,8-9H,4-7,17H2,1H3/t9-/m0/s1. The molecule has 1 aromatic rings. The average molecular weight is 297 g/mol. The molecule has 0 spiro atoms. The Balaban J connectivity index is 2.02. The summed E-state index contributed by atoms with van der Waals surface area (Å²) in [5, 5.41) is 0. The van der Waals surface area contributed by atoms with Crippen molar-refractivity contribution < 1.29 is 18.4 Å². The molecule has 2 amide bonds. The van der Waals surface area contributed by atoms with E-state index in [-0.39, 0.29) is 11.5 Å². The maximum Gasteiger partial charge on any atom is 0.256 e. The van der Waals surface area contributed by atoms with Crippen LogP contribution in [0.1, 0.15) is 17.3 Å². The number of piperazine rings is 1. The fourth-order valence-corrected chi connectivity index (χ4v) is 2.25. The predicted molar refractivity (Wildman–Crippen MR) is 72.5 cm³/mol. The SMILES string of the molecule is C[C@H](N)C(=O)N1CCN(C(=O)c2ccc(F)cc2F)CC1. The van der Waals surface area contributed by atoms with Gasteiger partial charge >= 0.3 is 0 Å². The van der Waals surface area contributed by atoms with Gasteiger partial charge in [0.05, 0.1) is 11.6 Å². The molecule has 1 aliphatic heterocycles. The summed E-state index contributed by atoms with van der Waals surface area (Å²) in [6.45, 7) is 2.92. The van der Waals surface area contributed by atoms with Gasteiger partial charge in [0.15, 0.2) is 0 Å². The lowest BCUT2D eigenvalue weighted by atomic mass is 10.1. The number of nitrogens with zero attached hydrogens (tertiary/aromatic N) is 2. The zero-order valence-electron chi connectivity index (χ0n) is 11.7. The van der Waals surface area contributed by atoms with Crippen molar-refractivity contribution in [2.24, 2.45) is 5.73 Å². The van der Waals surface area contributed by atoms with Gasteiger partial charge in [-0.1, -0.05) is 0 Å². The fourth-order valence-electron chi connectivity index (χ4n) is 2.25. The van der Waals surface area contributed by atoms with Crippen molar-refractivity contribution in [3.63, 3.8) is 0 Å². The number of hydrogen-bond acceptors (Lipinski definition) is 3. The summed E-state index contributed by atoms with van der Waals surface area (Å²) < 4.78 is 26.4. The van der Waals surface area contributed by atoms with Crippen LogP contribution >= 0.6 is 0 Å². The maximum absolute atomic E-state index is 13.6. The zero-order valence-corrected chi connectivity index (χ0v) is 11.7. The summed E-state index contributed by atoms with van der Waals surface area (Å²) in [5.74, 6) is -2.28. The zero-order chi connectivity index (χ0) is 15.6. The number of hydrogen-bond donors (Lipinski definition) is 1. The van der Waals surface area contributed by atoms with Crippen LogP contribution in [0.3, 0.4) is 0 Å². The first-order chi connectivity index (χ1) is 9.90. The van der Waals surface area contributed by atoms with Crippen molar-refractivity contribution in [3.05, 3.63) is 35.4 Å². The van der Waals surface area contributed by atoms with Crippen molar-refractivity contribution >= 4 is 11.8 Å². The van der Waals surface area contributed by atoms with E-state index in [1.54, 1.807) is 11.8 Å². The first kappa shape index (κ1) is 15.4. The molecule has 0 saturated carbocycles. The van der Waals surface area contributed by atoms with Crippen LogP contribution < -0.4 is 5.73 Å². The number of benzene rings is 1. The highest BCUT2D eigenvalue weighted by Gasteiger charge is 2.27. The molecule has 0 aromatic heterocycles. The lowest BCUT2D eigenvalue weighted by molar-refractivity contribution is -0.133. The van der Waals surface area contributed by atoms with Gasteiger partial charge in [0, 0.05) is 32.2 Å². The minimum atomic E-state index is -0.880. The second-order valence-corrected chi connectivity index (χ2v) is 5.03. The van der Waals surface area contributed by atoms with Crippen LogP contribution in [0.2, 0.25) is 0 Å². The fraction of sp³-hybridized carbons (Fsp3) is 0.429. The third-order valence-corrected chi connectivity index (χ3v) is 3.43. The Bertz CT molecular complexity index is 555. The Labute approximate surface area is 121 Å².